The van der Waals surface area contributed by atoms with Crippen molar-refractivity contribution in [1.82, 2.24) is 4.90 Å². The van der Waals surface area contributed by atoms with Crippen molar-refractivity contribution >= 4 is 10.8 Å². The number of methoxy groups -OCH3 is 2. The Kier molecular flexibility index (Phi) is 4.54. The van der Waals surface area contributed by atoms with Gasteiger partial charge in [-0.25, -0.2) is 0 Å². The summed E-state index contributed by atoms with van der Waals surface area (Å²) in [6, 6.07) is 27.9. The van der Waals surface area contributed by atoms with E-state index in [0.29, 0.717) is 0 Å². The van der Waals surface area contributed by atoms with Crippen LogP contribution in [-0.4, -0.2) is 25.7 Å². The van der Waals surface area contributed by atoms with E-state index < -0.39 is 0 Å². The van der Waals surface area contributed by atoms with E-state index >= 15 is 0 Å². The molecule has 4 heteroatoms. The Morgan fingerprint density at radius 1 is 0.844 bits per heavy atom. The smallest absolute Gasteiger partial charge is 0.180 e. The molecule has 0 fully saturated rings. The topological polar surface area (TPSA) is 30.9 Å². The Hall–Kier alpha value is -3.50. The second kappa shape index (κ2) is 7.57. The summed E-state index contributed by atoms with van der Waals surface area (Å²) in [5.41, 5.74) is 4.92. The van der Waals surface area contributed by atoms with Crippen LogP contribution in [0.5, 0.6) is 17.2 Å². The van der Waals surface area contributed by atoms with Crippen LogP contribution in [-0.2, 0) is 6.42 Å². The molecule has 0 amide bonds. The molecule has 0 spiro atoms. The maximum Gasteiger partial charge on any atom is 0.180 e. The molecule has 4 aromatic rings. The minimum atomic E-state index is -0.183. The zero-order chi connectivity index (χ0) is 21.7. The summed E-state index contributed by atoms with van der Waals surface area (Å²) in [5.74, 6) is 2.44. The molecule has 0 unspecified atom stereocenters. The fourth-order valence-corrected chi connectivity index (χ4v) is 5.26. The quantitative estimate of drug-likeness (QED) is 0.411. The normalized spacial score (nSPS) is 19.4. The Morgan fingerprint density at radius 3 is 2.41 bits per heavy atom. The van der Waals surface area contributed by atoms with Gasteiger partial charge in [0.15, 0.2) is 17.7 Å². The molecular weight excluding hydrogens is 398 g/mol. The summed E-state index contributed by atoms with van der Waals surface area (Å²) >= 11 is 0. The number of nitrogens with zero attached hydrogens (tertiary/aromatic N) is 1. The predicted octanol–water partition coefficient (Wildman–Crippen LogP) is 5.90. The first-order valence-corrected chi connectivity index (χ1v) is 11.0. The maximum atomic E-state index is 6.72. The number of hydrogen-bond acceptors (Lipinski definition) is 4. The molecule has 0 aromatic heterocycles. The summed E-state index contributed by atoms with van der Waals surface area (Å²) < 4.78 is 17.9. The lowest BCUT2D eigenvalue weighted by Gasteiger charge is -2.46. The molecule has 160 valence electrons. The third-order valence-corrected chi connectivity index (χ3v) is 6.74. The third kappa shape index (κ3) is 2.87. The molecule has 2 aliphatic rings. The standard InChI is InChI=1S/C28H25NO3/c1-30-24-16-20-14-15-29-27(19-9-4-3-5-10-19)26-21-11-7-6-8-18(21)12-13-23(26)32-28(29)22(20)17-25(24)31-2/h3-13,16-17,27-28H,14-15H2,1-2H3/t27-,28+/m0/s1. The highest BCUT2D eigenvalue weighted by atomic mass is 16.5. The summed E-state index contributed by atoms with van der Waals surface area (Å²) in [6.07, 6.45) is 0.747. The van der Waals surface area contributed by atoms with Crippen LogP contribution >= 0.6 is 0 Å². The van der Waals surface area contributed by atoms with Crippen LogP contribution in [0.2, 0.25) is 0 Å². The van der Waals surface area contributed by atoms with Crippen LogP contribution in [0, 0.1) is 0 Å². The summed E-state index contributed by atoms with van der Waals surface area (Å²) in [5, 5.41) is 2.48. The van der Waals surface area contributed by atoms with Crippen molar-refractivity contribution in [2.75, 3.05) is 20.8 Å². The van der Waals surface area contributed by atoms with Crippen molar-refractivity contribution in [3.8, 4) is 17.2 Å². The third-order valence-electron chi connectivity index (χ3n) is 6.74. The van der Waals surface area contributed by atoms with E-state index in [1.54, 1.807) is 14.2 Å². The molecule has 0 aliphatic carbocycles. The Morgan fingerprint density at radius 2 is 1.59 bits per heavy atom. The van der Waals surface area contributed by atoms with E-state index in [2.05, 4.69) is 83.8 Å². The Balaban J connectivity index is 1.58. The van der Waals surface area contributed by atoms with Gasteiger partial charge < -0.3 is 14.2 Å². The molecule has 0 radical (unpaired) electrons. The first-order valence-electron chi connectivity index (χ1n) is 11.0. The SMILES string of the molecule is COc1cc2c(cc1OC)[C@H]1Oc3ccc4ccccc4c3[C@H](c3ccccc3)N1CC2. The zero-order valence-electron chi connectivity index (χ0n) is 18.2. The van der Waals surface area contributed by atoms with Crippen molar-refractivity contribution in [2.45, 2.75) is 18.7 Å². The van der Waals surface area contributed by atoms with Gasteiger partial charge in [-0.15, -0.1) is 0 Å². The van der Waals surface area contributed by atoms with E-state index in [0.717, 1.165) is 35.8 Å². The van der Waals surface area contributed by atoms with Gasteiger partial charge in [0.2, 0.25) is 0 Å². The second-order valence-corrected chi connectivity index (χ2v) is 8.38. The second-order valence-electron chi connectivity index (χ2n) is 8.38. The van der Waals surface area contributed by atoms with E-state index in [1.165, 1.54) is 27.5 Å². The summed E-state index contributed by atoms with van der Waals surface area (Å²) in [7, 11) is 3.37. The van der Waals surface area contributed by atoms with Crippen LogP contribution < -0.4 is 14.2 Å². The molecule has 6 rings (SSSR count). The van der Waals surface area contributed by atoms with Gasteiger partial charge in [0.25, 0.3) is 0 Å². The molecule has 0 bridgehead atoms. The van der Waals surface area contributed by atoms with E-state index in [1.807, 2.05) is 0 Å². The minimum Gasteiger partial charge on any atom is -0.493 e. The highest BCUT2D eigenvalue weighted by Gasteiger charge is 2.41. The highest BCUT2D eigenvalue weighted by molar-refractivity contribution is 5.89. The monoisotopic (exact) mass is 423 g/mol. The summed E-state index contributed by atoms with van der Waals surface area (Å²) in [4.78, 5) is 2.48. The van der Waals surface area contributed by atoms with E-state index in [4.69, 9.17) is 14.2 Å². The first-order chi connectivity index (χ1) is 15.8. The molecule has 2 aliphatic heterocycles. The number of rotatable bonds is 3. The van der Waals surface area contributed by atoms with Crippen molar-refractivity contribution in [3.63, 3.8) is 0 Å². The number of hydrogen-bond donors (Lipinski definition) is 0. The zero-order valence-corrected chi connectivity index (χ0v) is 18.2. The molecule has 4 aromatic carbocycles. The predicted molar refractivity (Wildman–Crippen MR) is 126 cm³/mol. The van der Waals surface area contributed by atoms with Gasteiger partial charge in [0, 0.05) is 17.7 Å². The number of benzene rings is 4. The Bertz CT molecular complexity index is 1300. The lowest BCUT2D eigenvalue weighted by atomic mass is 9.86. The van der Waals surface area contributed by atoms with Crippen LogP contribution in [0.4, 0.5) is 0 Å². The lowest BCUT2D eigenvalue weighted by molar-refractivity contribution is -0.0262. The molecule has 2 heterocycles. The largest absolute Gasteiger partial charge is 0.493 e. The fourth-order valence-electron chi connectivity index (χ4n) is 5.26. The summed E-state index contributed by atoms with van der Waals surface area (Å²) in [6.45, 7) is 0.898. The average molecular weight is 424 g/mol. The molecule has 32 heavy (non-hydrogen) atoms. The average Bonchev–Trinajstić information content (AvgIpc) is 2.86. The highest BCUT2D eigenvalue weighted by Crippen LogP contribution is 2.51. The Labute approximate surface area is 188 Å². The molecular formula is C28H25NO3. The van der Waals surface area contributed by atoms with Crippen LogP contribution in [0.15, 0.2) is 78.9 Å². The van der Waals surface area contributed by atoms with Crippen LogP contribution in [0.1, 0.15) is 34.5 Å². The van der Waals surface area contributed by atoms with Gasteiger partial charge in [-0.1, -0.05) is 60.7 Å². The van der Waals surface area contributed by atoms with Crippen molar-refractivity contribution < 1.29 is 14.2 Å². The van der Waals surface area contributed by atoms with Crippen molar-refractivity contribution in [2.24, 2.45) is 0 Å². The minimum absolute atomic E-state index is 0.109. The molecule has 0 saturated heterocycles. The number of ether oxygens (including phenoxy) is 3. The molecule has 0 N–H and O–H groups in total. The van der Waals surface area contributed by atoms with E-state index in [9.17, 15) is 0 Å². The van der Waals surface area contributed by atoms with Gasteiger partial charge in [-0.3, -0.25) is 4.90 Å². The molecule has 4 nitrogen and oxygen atoms in total. The van der Waals surface area contributed by atoms with Crippen LogP contribution in [0.25, 0.3) is 10.8 Å². The van der Waals surface area contributed by atoms with Gasteiger partial charge in [-0.2, -0.15) is 0 Å². The first kappa shape index (κ1) is 19.2. The fraction of sp³-hybridized carbons (Fsp3) is 0.214. The van der Waals surface area contributed by atoms with Gasteiger partial charge in [0.1, 0.15) is 5.75 Å². The lowest BCUT2D eigenvalue weighted by Crippen LogP contribution is -2.44. The maximum absolute atomic E-state index is 6.72. The van der Waals surface area contributed by atoms with Crippen molar-refractivity contribution in [3.05, 3.63) is 101 Å². The van der Waals surface area contributed by atoms with Gasteiger partial charge in [0.05, 0.1) is 20.3 Å². The van der Waals surface area contributed by atoms with E-state index in [-0.39, 0.29) is 12.3 Å². The van der Waals surface area contributed by atoms with Crippen molar-refractivity contribution in [1.29, 1.82) is 0 Å². The van der Waals surface area contributed by atoms with Gasteiger partial charge in [-0.05, 0) is 46.5 Å². The van der Waals surface area contributed by atoms with Gasteiger partial charge >= 0.3 is 0 Å². The molecule has 2 atom stereocenters. The number of fused-ring (bicyclic) bond motifs is 6. The van der Waals surface area contributed by atoms with Crippen LogP contribution in [0.3, 0.4) is 0 Å². The molecule has 0 saturated carbocycles.